The molecule has 0 bridgehead atoms. The average Bonchev–Trinajstić information content (AvgIpc) is 2.93. The molecule has 0 aliphatic rings. The van der Waals surface area contributed by atoms with Crippen LogP contribution in [0, 0.1) is 13.8 Å². The smallest absolute Gasteiger partial charge is 0.316 e. The molecule has 1 amide bonds. The normalized spacial score (nSPS) is 10.8. The summed E-state index contributed by atoms with van der Waals surface area (Å²) in [5.41, 5.74) is 1.96. The summed E-state index contributed by atoms with van der Waals surface area (Å²) in [6, 6.07) is 4.18. The third-order valence-corrected chi connectivity index (χ3v) is 3.46. The standard InChI is InChI=1S/C14H15N3O2S/c1-9-13(10(2)16-14(15-9)19-3)17-12(18)7-6-11-5-4-8-20-11/h4-8H,1-3H3,(H,17,18)/b7-6+. The first-order valence-corrected chi connectivity index (χ1v) is 6.90. The fraction of sp³-hybridized carbons (Fsp3) is 0.214. The summed E-state index contributed by atoms with van der Waals surface area (Å²) in [6.07, 6.45) is 3.27. The van der Waals surface area contributed by atoms with Crippen LogP contribution < -0.4 is 10.1 Å². The highest BCUT2D eigenvalue weighted by atomic mass is 32.1. The van der Waals surface area contributed by atoms with Crippen molar-refractivity contribution in [2.45, 2.75) is 13.8 Å². The number of hydrogen-bond donors (Lipinski definition) is 1. The van der Waals surface area contributed by atoms with Gasteiger partial charge in [-0.3, -0.25) is 4.79 Å². The van der Waals surface area contributed by atoms with Crippen LogP contribution in [0.5, 0.6) is 6.01 Å². The number of ether oxygens (including phenoxy) is 1. The predicted octanol–water partition coefficient (Wildman–Crippen LogP) is 2.82. The minimum absolute atomic E-state index is 0.210. The van der Waals surface area contributed by atoms with Gasteiger partial charge in [0.15, 0.2) is 0 Å². The van der Waals surface area contributed by atoms with Gasteiger partial charge in [-0.25, -0.2) is 0 Å². The second-order valence-corrected chi connectivity index (χ2v) is 5.07. The topological polar surface area (TPSA) is 64.1 Å². The number of anilines is 1. The van der Waals surface area contributed by atoms with Gasteiger partial charge in [-0.15, -0.1) is 11.3 Å². The summed E-state index contributed by atoms with van der Waals surface area (Å²) in [7, 11) is 1.51. The van der Waals surface area contributed by atoms with Crippen LogP contribution in [0.25, 0.3) is 6.08 Å². The van der Waals surface area contributed by atoms with E-state index in [1.54, 1.807) is 31.3 Å². The van der Waals surface area contributed by atoms with Crippen molar-refractivity contribution >= 4 is 29.0 Å². The van der Waals surface area contributed by atoms with E-state index in [4.69, 9.17) is 4.74 Å². The molecule has 0 fully saturated rings. The van der Waals surface area contributed by atoms with Crippen molar-refractivity contribution in [3.63, 3.8) is 0 Å². The number of nitrogens with one attached hydrogen (secondary N) is 1. The molecule has 0 unspecified atom stereocenters. The highest BCUT2D eigenvalue weighted by Crippen LogP contribution is 2.19. The number of aromatic nitrogens is 2. The van der Waals surface area contributed by atoms with E-state index >= 15 is 0 Å². The lowest BCUT2D eigenvalue weighted by atomic mass is 10.2. The van der Waals surface area contributed by atoms with E-state index < -0.39 is 0 Å². The Bertz CT molecular complexity index is 613. The SMILES string of the molecule is COc1nc(C)c(NC(=O)/C=C/c2cccs2)c(C)n1. The Morgan fingerprint density at radius 3 is 2.60 bits per heavy atom. The maximum absolute atomic E-state index is 11.9. The largest absolute Gasteiger partial charge is 0.467 e. The molecule has 2 heterocycles. The average molecular weight is 289 g/mol. The summed E-state index contributed by atoms with van der Waals surface area (Å²) in [6.45, 7) is 3.60. The minimum Gasteiger partial charge on any atom is -0.467 e. The van der Waals surface area contributed by atoms with Crippen molar-refractivity contribution in [3.05, 3.63) is 39.9 Å². The highest BCUT2D eigenvalue weighted by Gasteiger charge is 2.10. The molecular weight excluding hydrogens is 274 g/mol. The Morgan fingerprint density at radius 1 is 1.35 bits per heavy atom. The first-order valence-electron chi connectivity index (χ1n) is 6.02. The van der Waals surface area contributed by atoms with Crippen LogP contribution in [0.4, 0.5) is 5.69 Å². The van der Waals surface area contributed by atoms with Gasteiger partial charge in [0.2, 0.25) is 5.91 Å². The van der Waals surface area contributed by atoms with E-state index in [9.17, 15) is 4.79 Å². The fourth-order valence-electron chi connectivity index (χ4n) is 1.67. The Morgan fingerprint density at radius 2 is 2.05 bits per heavy atom. The Balaban J connectivity index is 2.12. The molecule has 104 valence electrons. The number of thiophene rings is 1. The molecule has 20 heavy (non-hydrogen) atoms. The Labute approximate surface area is 121 Å². The zero-order valence-electron chi connectivity index (χ0n) is 11.5. The molecule has 0 aliphatic heterocycles. The molecule has 0 saturated carbocycles. The Hall–Kier alpha value is -2.21. The minimum atomic E-state index is -0.210. The molecule has 2 rings (SSSR count). The quantitative estimate of drug-likeness (QED) is 0.879. The van der Waals surface area contributed by atoms with Crippen LogP contribution >= 0.6 is 11.3 Å². The van der Waals surface area contributed by atoms with E-state index in [0.717, 1.165) is 4.88 Å². The molecule has 6 heteroatoms. The van der Waals surface area contributed by atoms with Crippen LogP contribution in [0.15, 0.2) is 23.6 Å². The molecule has 2 aromatic rings. The highest BCUT2D eigenvalue weighted by molar-refractivity contribution is 7.10. The molecule has 0 spiro atoms. The van der Waals surface area contributed by atoms with Gasteiger partial charge in [0.25, 0.3) is 0 Å². The van der Waals surface area contributed by atoms with Crippen LogP contribution in [0.1, 0.15) is 16.3 Å². The molecule has 0 radical (unpaired) electrons. The molecule has 1 N–H and O–H groups in total. The molecule has 0 aliphatic carbocycles. The van der Waals surface area contributed by atoms with Crippen LogP contribution in [-0.4, -0.2) is 23.0 Å². The van der Waals surface area contributed by atoms with E-state index in [2.05, 4.69) is 15.3 Å². The summed E-state index contributed by atoms with van der Waals surface area (Å²) in [4.78, 5) is 21.2. The van der Waals surface area contributed by atoms with Crippen molar-refractivity contribution in [3.8, 4) is 6.01 Å². The molecule has 0 aromatic carbocycles. The fourth-order valence-corrected chi connectivity index (χ4v) is 2.28. The summed E-state index contributed by atoms with van der Waals surface area (Å²) in [5.74, 6) is -0.210. The number of amides is 1. The lowest BCUT2D eigenvalue weighted by Crippen LogP contribution is -2.12. The first kappa shape index (κ1) is 14.2. The zero-order valence-corrected chi connectivity index (χ0v) is 12.3. The summed E-state index contributed by atoms with van der Waals surface area (Å²) < 4.78 is 4.98. The van der Waals surface area contributed by atoms with E-state index in [1.165, 1.54) is 13.2 Å². The lowest BCUT2D eigenvalue weighted by Gasteiger charge is -2.10. The van der Waals surface area contributed by atoms with Gasteiger partial charge in [0.05, 0.1) is 24.2 Å². The maximum atomic E-state index is 11.9. The van der Waals surface area contributed by atoms with Crippen molar-refractivity contribution in [2.24, 2.45) is 0 Å². The van der Waals surface area contributed by atoms with Crippen molar-refractivity contribution in [1.82, 2.24) is 9.97 Å². The van der Waals surface area contributed by atoms with Gasteiger partial charge in [-0.1, -0.05) is 6.07 Å². The van der Waals surface area contributed by atoms with Gasteiger partial charge in [0, 0.05) is 11.0 Å². The number of hydrogen-bond acceptors (Lipinski definition) is 5. The third kappa shape index (κ3) is 3.42. The van der Waals surface area contributed by atoms with Gasteiger partial charge >= 0.3 is 6.01 Å². The number of methoxy groups -OCH3 is 1. The van der Waals surface area contributed by atoms with Crippen molar-refractivity contribution in [1.29, 1.82) is 0 Å². The van der Waals surface area contributed by atoms with Gasteiger partial charge < -0.3 is 10.1 Å². The second-order valence-electron chi connectivity index (χ2n) is 4.09. The molecule has 0 atom stereocenters. The first-order chi connectivity index (χ1) is 9.60. The molecule has 2 aromatic heterocycles. The van der Waals surface area contributed by atoms with Gasteiger partial charge in [0.1, 0.15) is 0 Å². The molecule has 0 saturated heterocycles. The van der Waals surface area contributed by atoms with Gasteiger partial charge in [-0.05, 0) is 31.4 Å². The van der Waals surface area contributed by atoms with E-state index in [0.29, 0.717) is 23.1 Å². The summed E-state index contributed by atoms with van der Waals surface area (Å²) in [5, 5.41) is 4.75. The maximum Gasteiger partial charge on any atom is 0.316 e. The molecular formula is C14H15N3O2S. The van der Waals surface area contributed by atoms with Crippen molar-refractivity contribution < 1.29 is 9.53 Å². The monoisotopic (exact) mass is 289 g/mol. The molecule has 5 nitrogen and oxygen atoms in total. The van der Waals surface area contributed by atoms with Crippen LogP contribution in [0.2, 0.25) is 0 Å². The third-order valence-electron chi connectivity index (χ3n) is 2.62. The zero-order chi connectivity index (χ0) is 14.5. The number of rotatable bonds is 4. The van der Waals surface area contributed by atoms with Crippen molar-refractivity contribution in [2.75, 3.05) is 12.4 Å². The number of nitrogens with zero attached hydrogens (tertiary/aromatic N) is 2. The second kappa shape index (κ2) is 6.29. The van der Waals surface area contributed by atoms with E-state index in [-0.39, 0.29) is 5.91 Å². The summed E-state index contributed by atoms with van der Waals surface area (Å²) >= 11 is 1.57. The van der Waals surface area contributed by atoms with E-state index in [1.807, 2.05) is 17.5 Å². The number of carbonyl (C=O) groups is 1. The van der Waals surface area contributed by atoms with Gasteiger partial charge in [-0.2, -0.15) is 9.97 Å². The number of aryl methyl sites for hydroxylation is 2. The Kier molecular flexibility index (Phi) is 4.47. The number of carbonyl (C=O) groups excluding carboxylic acids is 1. The predicted molar refractivity (Wildman–Crippen MR) is 80.0 cm³/mol. The lowest BCUT2D eigenvalue weighted by molar-refractivity contribution is -0.111. The van der Waals surface area contributed by atoms with Crippen LogP contribution in [0.3, 0.4) is 0 Å². The van der Waals surface area contributed by atoms with Crippen LogP contribution in [-0.2, 0) is 4.79 Å².